The summed E-state index contributed by atoms with van der Waals surface area (Å²) >= 11 is 3.34. The van der Waals surface area contributed by atoms with Gasteiger partial charge in [0.05, 0.1) is 4.90 Å². The van der Waals surface area contributed by atoms with Gasteiger partial charge in [0, 0.05) is 30.2 Å². The minimum absolute atomic E-state index is 0.194. The van der Waals surface area contributed by atoms with Crippen LogP contribution >= 0.6 is 15.9 Å². The van der Waals surface area contributed by atoms with Crippen LogP contribution < -0.4 is 5.32 Å². The summed E-state index contributed by atoms with van der Waals surface area (Å²) in [6, 6.07) is 8.38. The molecule has 32 heavy (non-hydrogen) atoms. The van der Waals surface area contributed by atoms with E-state index in [2.05, 4.69) is 26.2 Å². The Balaban J connectivity index is 1.64. The second kappa shape index (κ2) is 8.96. The Labute approximate surface area is 197 Å². The number of benzene rings is 1. The van der Waals surface area contributed by atoms with Crippen molar-refractivity contribution < 1.29 is 13.2 Å². The van der Waals surface area contributed by atoms with Crippen LogP contribution in [0.5, 0.6) is 0 Å². The summed E-state index contributed by atoms with van der Waals surface area (Å²) in [6.07, 6.45) is 4.76. The maximum absolute atomic E-state index is 13.1. The molecule has 9 heteroatoms. The number of hydrogen-bond acceptors (Lipinski definition) is 4. The highest BCUT2D eigenvalue weighted by Gasteiger charge is 2.27. The van der Waals surface area contributed by atoms with Gasteiger partial charge in [0.25, 0.3) is 0 Å². The van der Waals surface area contributed by atoms with Crippen LogP contribution in [0.1, 0.15) is 43.4 Å². The number of aromatic nitrogens is 2. The Morgan fingerprint density at radius 1 is 1.09 bits per heavy atom. The lowest BCUT2D eigenvalue weighted by atomic mass is 10.2. The van der Waals surface area contributed by atoms with E-state index in [9.17, 15) is 13.2 Å². The predicted molar refractivity (Wildman–Crippen MR) is 129 cm³/mol. The molecule has 3 heterocycles. The summed E-state index contributed by atoms with van der Waals surface area (Å²) in [5.74, 6) is 0.319. The second-order valence-corrected chi connectivity index (χ2v) is 11.1. The lowest BCUT2D eigenvalue weighted by Gasteiger charge is -2.26. The minimum atomic E-state index is -3.52. The van der Waals surface area contributed by atoms with Gasteiger partial charge in [-0.25, -0.2) is 13.4 Å². The number of sulfonamides is 1. The van der Waals surface area contributed by atoms with E-state index >= 15 is 0 Å². The van der Waals surface area contributed by atoms with Crippen molar-refractivity contribution in [3.05, 3.63) is 52.3 Å². The number of anilines is 1. The highest BCUT2D eigenvalue weighted by molar-refractivity contribution is 9.10. The molecule has 7 nitrogen and oxygen atoms in total. The summed E-state index contributed by atoms with van der Waals surface area (Å²) in [5, 5.41) is 3.73. The average Bonchev–Trinajstić information content (AvgIpc) is 3.12. The lowest BCUT2D eigenvalue weighted by Crippen LogP contribution is -2.35. The number of pyridine rings is 1. The topological polar surface area (TPSA) is 84.3 Å². The fraction of sp³-hybridized carbons (Fsp3) is 0.391. The number of rotatable bonds is 5. The average molecular weight is 519 g/mol. The predicted octanol–water partition coefficient (Wildman–Crippen LogP) is 4.79. The van der Waals surface area contributed by atoms with Gasteiger partial charge in [-0.2, -0.15) is 4.31 Å². The first-order chi connectivity index (χ1) is 15.2. The Kier molecular flexibility index (Phi) is 6.42. The third-order valence-corrected chi connectivity index (χ3v) is 8.39. The van der Waals surface area contributed by atoms with E-state index in [0.29, 0.717) is 28.4 Å². The fourth-order valence-corrected chi connectivity index (χ4v) is 5.97. The van der Waals surface area contributed by atoms with Crippen molar-refractivity contribution >= 4 is 48.6 Å². The van der Waals surface area contributed by atoms with E-state index in [0.717, 1.165) is 41.3 Å². The summed E-state index contributed by atoms with van der Waals surface area (Å²) in [6.45, 7) is 6.78. The van der Waals surface area contributed by atoms with Gasteiger partial charge >= 0.3 is 0 Å². The van der Waals surface area contributed by atoms with Crippen LogP contribution in [-0.2, 0) is 14.8 Å². The molecule has 1 fully saturated rings. The normalized spacial score (nSPS) is 16.2. The van der Waals surface area contributed by atoms with Crippen LogP contribution in [0.2, 0.25) is 0 Å². The third kappa shape index (κ3) is 4.33. The van der Waals surface area contributed by atoms with Gasteiger partial charge in [-0.05, 0) is 84.9 Å². The maximum Gasteiger partial charge on any atom is 0.248 e. The van der Waals surface area contributed by atoms with E-state index in [1.807, 2.05) is 43.7 Å². The molecule has 1 N–H and O–H groups in total. The molecular formula is C23H27BrN4O3S. The zero-order valence-electron chi connectivity index (χ0n) is 18.4. The minimum Gasteiger partial charge on any atom is -0.335 e. The van der Waals surface area contributed by atoms with Crippen LogP contribution in [0, 0.1) is 13.8 Å². The molecule has 1 unspecified atom stereocenters. The first-order valence-corrected chi connectivity index (χ1v) is 13.0. The van der Waals surface area contributed by atoms with Crippen molar-refractivity contribution in [2.75, 3.05) is 18.4 Å². The number of carbonyl (C=O) groups is 1. The number of halogens is 1. The molecule has 4 rings (SSSR count). The van der Waals surface area contributed by atoms with Gasteiger partial charge in [-0.1, -0.05) is 12.5 Å². The zero-order valence-corrected chi connectivity index (χ0v) is 20.8. The molecule has 2 aromatic heterocycles. The number of aryl methyl sites for hydroxylation is 2. The maximum atomic E-state index is 13.1. The van der Waals surface area contributed by atoms with Gasteiger partial charge in [0.2, 0.25) is 15.9 Å². The van der Waals surface area contributed by atoms with Gasteiger partial charge in [0.15, 0.2) is 0 Å². The number of fused-ring (bicyclic) bond motifs is 1. The quantitative estimate of drug-likeness (QED) is 0.492. The lowest BCUT2D eigenvalue weighted by molar-refractivity contribution is -0.118. The van der Waals surface area contributed by atoms with Crippen molar-refractivity contribution in [1.82, 2.24) is 13.9 Å². The summed E-state index contributed by atoms with van der Waals surface area (Å²) in [7, 11) is -3.52. The van der Waals surface area contributed by atoms with E-state index in [1.54, 1.807) is 22.5 Å². The van der Waals surface area contributed by atoms with Gasteiger partial charge in [-0.3, -0.25) is 4.79 Å². The molecule has 1 aliphatic heterocycles. The Hall–Kier alpha value is -2.23. The van der Waals surface area contributed by atoms with E-state index < -0.39 is 16.1 Å². The number of nitrogens with zero attached hydrogens (tertiary/aromatic N) is 3. The molecule has 0 saturated carbocycles. The SMILES string of the molecule is Cc1ccc(Br)nc1NC(=O)C(C)n1cc(C)c2cc(S(=O)(=O)N3CCCCC3)ccc21. The largest absolute Gasteiger partial charge is 0.335 e. The molecular weight excluding hydrogens is 492 g/mol. The second-order valence-electron chi connectivity index (χ2n) is 8.33. The standard InChI is InChI=1S/C23H27BrN4O3S/c1-15-7-10-21(24)25-22(15)26-23(29)17(3)28-14-16(2)19-13-18(8-9-20(19)28)32(30,31)27-11-5-4-6-12-27/h7-10,13-14,17H,4-6,11-12H2,1-3H3,(H,25,26,29). The summed E-state index contributed by atoms with van der Waals surface area (Å²) < 4.78 is 30.3. The van der Waals surface area contributed by atoms with Crippen LogP contribution in [0.15, 0.2) is 46.0 Å². The molecule has 3 aromatic rings. The Morgan fingerprint density at radius 2 is 1.81 bits per heavy atom. The molecule has 1 saturated heterocycles. The van der Waals surface area contributed by atoms with Crippen molar-refractivity contribution in [3.8, 4) is 0 Å². The highest BCUT2D eigenvalue weighted by atomic mass is 79.9. The van der Waals surface area contributed by atoms with E-state index in [4.69, 9.17) is 0 Å². The van der Waals surface area contributed by atoms with E-state index in [1.165, 1.54) is 0 Å². The molecule has 0 radical (unpaired) electrons. The Bertz CT molecular complexity index is 1280. The van der Waals surface area contributed by atoms with Crippen LogP contribution in [-0.4, -0.2) is 41.3 Å². The molecule has 0 aliphatic carbocycles. The smallest absolute Gasteiger partial charge is 0.248 e. The van der Waals surface area contributed by atoms with Crippen molar-refractivity contribution in [2.45, 2.75) is 51.0 Å². The molecule has 0 bridgehead atoms. The highest BCUT2D eigenvalue weighted by Crippen LogP contribution is 2.29. The van der Waals surface area contributed by atoms with E-state index in [-0.39, 0.29) is 5.91 Å². The van der Waals surface area contributed by atoms with Crippen LogP contribution in [0.3, 0.4) is 0 Å². The van der Waals surface area contributed by atoms with Gasteiger partial charge in [-0.15, -0.1) is 0 Å². The molecule has 0 spiro atoms. The van der Waals surface area contributed by atoms with Crippen LogP contribution in [0.25, 0.3) is 10.9 Å². The van der Waals surface area contributed by atoms with Crippen molar-refractivity contribution in [3.63, 3.8) is 0 Å². The first-order valence-electron chi connectivity index (χ1n) is 10.7. The zero-order chi connectivity index (χ0) is 23.0. The molecule has 170 valence electrons. The van der Waals surface area contributed by atoms with Crippen LogP contribution in [0.4, 0.5) is 5.82 Å². The number of piperidine rings is 1. The number of carbonyl (C=O) groups excluding carboxylic acids is 1. The van der Waals surface area contributed by atoms with Gasteiger partial charge < -0.3 is 9.88 Å². The summed E-state index contributed by atoms with van der Waals surface area (Å²) in [5.41, 5.74) is 2.61. The number of nitrogens with one attached hydrogen (secondary N) is 1. The fourth-order valence-electron chi connectivity index (χ4n) is 4.12. The molecule has 1 atom stereocenters. The summed E-state index contributed by atoms with van der Waals surface area (Å²) in [4.78, 5) is 17.6. The molecule has 1 aromatic carbocycles. The molecule has 1 amide bonds. The molecule has 1 aliphatic rings. The Morgan fingerprint density at radius 3 is 2.53 bits per heavy atom. The van der Waals surface area contributed by atoms with Gasteiger partial charge in [0.1, 0.15) is 16.5 Å². The first kappa shape index (κ1) is 22.9. The number of amides is 1. The van der Waals surface area contributed by atoms with Crippen molar-refractivity contribution in [1.29, 1.82) is 0 Å². The third-order valence-electron chi connectivity index (χ3n) is 6.06. The van der Waals surface area contributed by atoms with Crippen molar-refractivity contribution in [2.24, 2.45) is 0 Å². The number of hydrogen-bond donors (Lipinski definition) is 1. The monoisotopic (exact) mass is 518 g/mol.